The Labute approximate surface area is 107 Å². The highest BCUT2D eigenvalue weighted by Gasteiger charge is 2.16. The predicted molar refractivity (Wildman–Crippen MR) is 74.9 cm³/mol. The van der Waals surface area contributed by atoms with Gasteiger partial charge in [-0.25, -0.2) is 0 Å². The van der Waals surface area contributed by atoms with Crippen LogP contribution in [0.25, 0.3) is 21.0 Å². The van der Waals surface area contributed by atoms with E-state index in [9.17, 15) is 4.79 Å². The lowest BCUT2D eigenvalue weighted by molar-refractivity contribution is 0.0968. The summed E-state index contributed by atoms with van der Waals surface area (Å²) in [5.41, 5.74) is 7.43. The van der Waals surface area contributed by atoms with E-state index in [0.717, 1.165) is 21.0 Å². The van der Waals surface area contributed by atoms with Crippen LogP contribution in [-0.4, -0.2) is 17.9 Å². The van der Waals surface area contributed by atoms with Crippen molar-refractivity contribution in [1.29, 1.82) is 0 Å². The van der Waals surface area contributed by atoms with Crippen molar-refractivity contribution in [2.45, 2.75) is 0 Å². The van der Waals surface area contributed by atoms with E-state index in [1.165, 1.54) is 11.3 Å². The number of nitrogens with two attached hydrogens (primary N) is 1. The maximum atomic E-state index is 11.7. The van der Waals surface area contributed by atoms with Crippen LogP contribution in [0.4, 0.5) is 5.69 Å². The molecular formula is C13H11N3OS. The van der Waals surface area contributed by atoms with Crippen molar-refractivity contribution in [3.8, 4) is 0 Å². The number of carbonyl (C=O) groups is 1. The van der Waals surface area contributed by atoms with Crippen molar-refractivity contribution in [2.75, 3.05) is 12.8 Å². The summed E-state index contributed by atoms with van der Waals surface area (Å²) in [6.07, 6.45) is 1.73. The number of amides is 1. The van der Waals surface area contributed by atoms with Crippen LogP contribution in [-0.2, 0) is 0 Å². The van der Waals surface area contributed by atoms with Crippen LogP contribution in [0.2, 0.25) is 0 Å². The molecule has 3 N–H and O–H groups in total. The fourth-order valence-electron chi connectivity index (χ4n) is 1.98. The molecule has 0 aliphatic heterocycles. The summed E-state index contributed by atoms with van der Waals surface area (Å²) in [5.74, 6) is -0.155. The molecule has 0 bridgehead atoms. The lowest BCUT2D eigenvalue weighted by Crippen LogP contribution is -2.17. The number of nitrogens with one attached hydrogen (secondary N) is 1. The Morgan fingerprint density at radius 1 is 1.33 bits per heavy atom. The number of hydrogen-bond acceptors (Lipinski definition) is 4. The SMILES string of the molecule is CNC(=O)c1sc2c(cnc3ccccc32)c1N. The molecule has 1 amide bonds. The second-order valence-corrected chi connectivity index (χ2v) is 4.96. The third-order valence-electron chi connectivity index (χ3n) is 2.90. The van der Waals surface area contributed by atoms with Gasteiger partial charge in [0.1, 0.15) is 4.88 Å². The van der Waals surface area contributed by atoms with Crippen LogP contribution in [0.1, 0.15) is 9.67 Å². The molecule has 1 aromatic carbocycles. The molecule has 0 atom stereocenters. The van der Waals surface area contributed by atoms with E-state index in [0.29, 0.717) is 10.6 Å². The molecule has 0 radical (unpaired) electrons. The summed E-state index contributed by atoms with van der Waals surface area (Å²) in [4.78, 5) is 16.6. The number of carbonyl (C=O) groups excluding carboxylic acids is 1. The van der Waals surface area contributed by atoms with Crippen molar-refractivity contribution < 1.29 is 4.79 Å². The fourth-order valence-corrected chi connectivity index (χ4v) is 3.15. The second kappa shape index (κ2) is 3.96. The minimum atomic E-state index is -0.155. The maximum Gasteiger partial charge on any atom is 0.263 e. The van der Waals surface area contributed by atoms with Crippen LogP contribution in [0.5, 0.6) is 0 Å². The summed E-state index contributed by atoms with van der Waals surface area (Å²) in [7, 11) is 1.60. The van der Waals surface area contributed by atoms with E-state index in [1.807, 2.05) is 24.3 Å². The van der Waals surface area contributed by atoms with Crippen molar-refractivity contribution >= 4 is 43.9 Å². The van der Waals surface area contributed by atoms with Gasteiger partial charge in [0.15, 0.2) is 0 Å². The minimum Gasteiger partial charge on any atom is -0.397 e. The average Bonchev–Trinajstić information content (AvgIpc) is 2.76. The van der Waals surface area contributed by atoms with Crippen LogP contribution >= 0.6 is 11.3 Å². The van der Waals surface area contributed by atoms with E-state index in [-0.39, 0.29) is 5.91 Å². The molecule has 2 aromatic heterocycles. The van der Waals surface area contributed by atoms with E-state index in [2.05, 4.69) is 10.3 Å². The average molecular weight is 257 g/mol. The van der Waals surface area contributed by atoms with Crippen LogP contribution in [0.3, 0.4) is 0 Å². The zero-order valence-corrected chi connectivity index (χ0v) is 10.5. The van der Waals surface area contributed by atoms with Crippen molar-refractivity contribution in [2.24, 2.45) is 0 Å². The zero-order valence-electron chi connectivity index (χ0n) is 9.73. The van der Waals surface area contributed by atoms with Crippen LogP contribution in [0, 0.1) is 0 Å². The molecule has 0 saturated heterocycles. The van der Waals surface area contributed by atoms with E-state index in [4.69, 9.17) is 5.73 Å². The van der Waals surface area contributed by atoms with Gasteiger partial charge in [0, 0.05) is 28.7 Å². The van der Waals surface area contributed by atoms with Crippen molar-refractivity contribution in [3.05, 3.63) is 35.3 Å². The van der Waals surface area contributed by atoms with Gasteiger partial charge < -0.3 is 11.1 Å². The highest BCUT2D eigenvalue weighted by atomic mass is 32.1. The number of aromatic nitrogens is 1. The number of nitrogens with zero attached hydrogens (tertiary/aromatic N) is 1. The first-order valence-corrected chi connectivity index (χ1v) is 6.32. The smallest absolute Gasteiger partial charge is 0.263 e. The number of hydrogen-bond donors (Lipinski definition) is 2. The predicted octanol–water partition coefficient (Wildman–Crippen LogP) is 2.39. The molecule has 0 fully saturated rings. The Kier molecular flexibility index (Phi) is 2.41. The van der Waals surface area contributed by atoms with Gasteiger partial charge in [0.05, 0.1) is 11.2 Å². The highest BCUT2D eigenvalue weighted by molar-refractivity contribution is 7.22. The van der Waals surface area contributed by atoms with Crippen molar-refractivity contribution in [1.82, 2.24) is 10.3 Å². The van der Waals surface area contributed by atoms with E-state index >= 15 is 0 Å². The molecule has 90 valence electrons. The lowest BCUT2D eigenvalue weighted by Gasteiger charge is -1.98. The van der Waals surface area contributed by atoms with Gasteiger partial charge in [-0.15, -0.1) is 11.3 Å². The standard InChI is InChI=1S/C13H11N3OS/c1-15-13(17)12-10(14)8-6-16-9-5-3-2-4-7(9)11(8)18-12/h2-6H,14H2,1H3,(H,15,17). The van der Waals surface area contributed by atoms with Gasteiger partial charge in [0.2, 0.25) is 0 Å². The maximum absolute atomic E-state index is 11.7. The highest BCUT2D eigenvalue weighted by Crippen LogP contribution is 2.37. The second-order valence-electron chi connectivity index (χ2n) is 3.94. The zero-order chi connectivity index (χ0) is 12.7. The summed E-state index contributed by atoms with van der Waals surface area (Å²) in [6, 6.07) is 7.84. The Hall–Kier alpha value is -2.14. The molecule has 0 aliphatic carbocycles. The number of fused-ring (bicyclic) bond motifs is 3. The number of thiophene rings is 1. The summed E-state index contributed by atoms with van der Waals surface area (Å²) in [6.45, 7) is 0. The largest absolute Gasteiger partial charge is 0.397 e. The quantitative estimate of drug-likeness (QED) is 0.703. The topological polar surface area (TPSA) is 68.0 Å². The van der Waals surface area contributed by atoms with Crippen molar-refractivity contribution in [3.63, 3.8) is 0 Å². The third kappa shape index (κ3) is 1.44. The molecular weight excluding hydrogens is 246 g/mol. The molecule has 2 heterocycles. The van der Waals surface area contributed by atoms with Gasteiger partial charge in [-0.05, 0) is 6.07 Å². The number of rotatable bonds is 1. The number of benzene rings is 1. The van der Waals surface area contributed by atoms with Gasteiger partial charge in [-0.1, -0.05) is 18.2 Å². The number of nitrogen functional groups attached to an aromatic ring is 1. The summed E-state index contributed by atoms with van der Waals surface area (Å²) < 4.78 is 1.01. The van der Waals surface area contributed by atoms with Crippen LogP contribution < -0.4 is 11.1 Å². The van der Waals surface area contributed by atoms with E-state index in [1.54, 1.807) is 13.2 Å². The molecule has 5 heteroatoms. The van der Waals surface area contributed by atoms with Gasteiger partial charge in [-0.3, -0.25) is 9.78 Å². The lowest BCUT2D eigenvalue weighted by atomic mass is 10.1. The Balaban J connectivity index is 2.42. The first kappa shape index (κ1) is 11.0. The molecule has 0 saturated carbocycles. The number of pyridine rings is 1. The van der Waals surface area contributed by atoms with Crippen LogP contribution in [0.15, 0.2) is 30.5 Å². The molecule has 4 nitrogen and oxygen atoms in total. The van der Waals surface area contributed by atoms with E-state index < -0.39 is 0 Å². The normalized spacial score (nSPS) is 10.9. The summed E-state index contributed by atoms with van der Waals surface area (Å²) in [5, 5.41) is 4.48. The monoisotopic (exact) mass is 257 g/mol. The Morgan fingerprint density at radius 2 is 2.11 bits per heavy atom. The fraction of sp³-hybridized carbons (Fsp3) is 0.0769. The first-order valence-electron chi connectivity index (χ1n) is 5.50. The molecule has 18 heavy (non-hydrogen) atoms. The Bertz CT molecular complexity index is 763. The molecule has 0 unspecified atom stereocenters. The van der Waals surface area contributed by atoms with Gasteiger partial charge in [0.25, 0.3) is 5.91 Å². The minimum absolute atomic E-state index is 0.155. The number of para-hydroxylation sites is 1. The van der Waals surface area contributed by atoms with Gasteiger partial charge in [-0.2, -0.15) is 0 Å². The molecule has 3 aromatic rings. The molecule has 0 spiro atoms. The number of anilines is 1. The first-order chi connectivity index (χ1) is 8.72. The third-order valence-corrected chi connectivity index (χ3v) is 4.15. The van der Waals surface area contributed by atoms with Gasteiger partial charge >= 0.3 is 0 Å². The molecule has 0 aliphatic rings. The Morgan fingerprint density at radius 3 is 2.89 bits per heavy atom. The summed E-state index contributed by atoms with van der Waals surface area (Å²) >= 11 is 1.41. The molecule has 3 rings (SSSR count).